The van der Waals surface area contributed by atoms with Gasteiger partial charge in [0.05, 0.1) is 17.6 Å². The Morgan fingerprint density at radius 2 is 1.88 bits per heavy atom. The molecule has 4 rings (SSSR count). The number of hydrogen-bond donors (Lipinski definition) is 1. The van der Waals surface area contributed by atoms with E-state index in [4.69, 9.17) is 0 Å². The van der Waals surface area contributed by atoms with Crippen molar-refractivity contribution in [3.63, 3.8) is 0 Å². The first-order valence-electron chi connectivity index (χ1n) is 7.79. The second kappa shape index (κ2) is 6.45. The van der Waals surface area contributed by atoms with Crippen LogP contribution in [0.25, 0.3) is 10.9 Å². The van der Waals surface area contributed by atoms with Crippen LogP contribution < -0.4 is 5.32 Å². The quantitative estimate of drug-likeness (QED) is 0.527. The standard InChI is InChI=1S/C18H13F3N4S/c19-18(20,21)13-6-7-15-14(10-13)16(23-17-22-8-9-26-17)24-25(15)11-12-4-2-1-3-5-12/h1-10H,11H2,(H,22,23,24). The lowest BCUT2D eigenvalue weighted by Crippen LogP contribution is -2.05. The molecule has 0 aliphatic rings. The van der Waals surface area contributed by atoms with Gasteiger partial charge in [-0.3, -0.25) is 4.68 Å². The molecule has 1 N–H and O–H groups in total. The highest BCUT2D eigenvalue weighted by Crippen LogP contribution is 2.34. The average molecular weight is 374 g/mol. The highest BCUT2D eigenvalue weighted by atomic mass is 32.1. The summed E-state index contributed by atoms with van der Waals surface area (Å²) in [5.41, 5.74) is 0.935. The third-order valence-electron chi connectivity index (χ3n) is 3.91. The van der Waals surface area contributed by atoms with Gasteiger partial charge in [0.2, 0.25) is 0 Å². The minimum atomic E-state index is -4.41. The molecule has 0 radical (unpaired) electrons. The number of benzene rings is 2. The van der Waals surface area contributed by atoms with Gasteiger partial charge < -0.3 is 5.32 Å². The summed E-state index contributed by atoms with van der Waals surface area (Å²) in [4.78, 5) is 4.12. The summed E-state index contributed by atoms with van der Waals surface area (Å²) in [6.45, 7) is 0.461. The first-order valence-corrected chi connectivity index (χ1v) is 8.67. The van der Waals surface area contributed by atoms with Gasteiger partial charge in [-0.05, 0) is 23.8 Å². The normalized spacial score (nSPS) is 11.8. The fourth-order valence-corrected chi connectivity index (χ4v) is 3.24. The van der Waals surface area contributed by atoms with E-state index >= 15 is 0 Å². The third kappa shape index (κ3) is 3.28. The Labute approximate surface area is 150 Å². The maximum Gasteiger partial charge on any atom is 0.416 e. The van der Waals surface area contributed by atoms with Crippen LogP contribution in [0.3, 0.4) is 0 Å². The van der Waals surface area contributed by atoms with Gasteiger partial charge in [0, 0.05) is 17.0 Å². The van der Waals surface area contributed by atoms with E-state index in [1.807, 2.05) is 30.3 Å². The molecule has 132 valence electrons. The Bertz CT molecular complexity index is 1020. The van der Waals surface area contributed by atoms with Gasteiger partial charge in [-0.15, -0.1) is 11.3 Å². The van der Waals surface area contributed by atoms with Crippen molar-refractivity contribution >= 4 is 33.2 Å². The van der Waals surface area contributed by atoms with Gasteiger partial charge in [-0.1, -0.05) is 30.3 Å². The maximum absolute atomic E-state index is 13.1. The van der Waals surface area contributed by atoms with Crippen LogP contribution in [-0.4, -0.2) is 14.8 Å². The molecule has 0 aliphatic heterocycles. The number of halogens is 3. The molecule has 0 atom stereocenters. The van der Waals surface area contributed by atoms with Crippen LogP contribution in [0.4, 0.5) is 24.1 Å². The zero-order chi connectivity index (χ0) is 18.1. The van der Waals surface area contributed by atoms with E-state index in [1.54, 1.807) is 16.3 Å². The summed E-state index contributed by atoms with van der Waals surface area (Å²) >= 11 is 1.36. The van der Waals surface area contributed by atoms with Crippen molar-refractivity contribution in [3.05, 3.63) is 71.2 Å². The molecule has 0 saturated carbocycles. The monoisotopic (exact) mass is 374 g/mol. The van der Waals surface area contributed by atoms with Gasteiger partial charge >= 0.3 is 6.18 Å². The molecule has 2 aromatic carbocycles. The average Bonchev–Trinajstić information content (AvgIpc) is 3.24. The first-order chi connectivity index (χ1) is 12.5. The molecule has 0 amide bonds. The van der Waals surface area contributed by atoms with Gasteiger partial charge in [0.1, 0.15) is 0 Å². The number of thiazole rings is 1. The number of rotatable bonds is 4. The Kier molecular flexibility index (Phi) is 4.12. The molecule has 4 nitrogen and oxygen atoms in total. The largest absolute Gasteiger partial charge is 0.416 e. The van der Waals surface area contributed by atoms with Crippen molar-refractivity contribution in [1.82, 2.24) is 14.8 Å². The van der Waals surface area contributed by atoms with Crippen molar-refractivity contribution in [2.45, 2.75) is 12.7 Å². The molecule has 0 spiro atoms. The van der Waals surface area contributed by atoms with Crippen LogP contribution in [0, 0.1) is 0 Å². The van der Waals surface area contributed by atoms with Crippen LogP contribution in [0.2, 0.25) is 0 Å². The van der Waals surface area contributed by atoms with Crippen LogP contribution in [0.5, 0.6) is 0 Å². The molecule has 2 heterocycles. The number of anilines is 2. The molecular formula is C18H13F3N4S. The molecular weight excluding hydrogens is 361 g/mol. The van der Waals surface area contributed by atoms with Crippen LogP contribution >= 0.6 is 11.3 Å². The Morgan fingerprint density at radius 3 is 2.58 bits per heavy atom. The molecule has 0 unspecified atom stereocenters. The summed E-state index contributed by atoms with van der Waals surface area (Å²) in [6, 6.07) is 13.3. The molecule has 4 aromatic rings. The van der Waals surface area contributed by atoms with Crippen LogP contribution in [-0.2, 0) is 12.7 Å². The van der Waals surface area contributed by atoms with E-state index in [0.29, 0.717) is 28.4 Å². The lowest BCUT2D eigenvalue weighted by molar-refractivity contribution is -0.137. The summed E-state index contributed by atoms with van der Waals surface area (Å²) < 4.78 is 41.1. The summed E-state index contributed by atoms with van der Waals surface area (Å²) in [7, 11) is 0. The maximum atomic E-state index is 13.1. The minimum Gasteiger partial charge on any atom is -0.314 e. The van der Waals surface area contributed by atoms with Crippen molar-refractivity contribution in [1.29, 1.82) is 0 Å². The van der Waals surface area contributed by atoms with E-state index in [2.05, 4.69) is 15.4 Å². The molecule has 26 heavy (non-hydrogen) atoms. The smallest absolute Gasteiger partial charge is 0.314 e. The molecule has 0 bridgehead atoms. The highest BCUT2D eigenvalue weighted by Gasteiger charge is 2.31. The number of nitrogens with zero attached hydrogens (tertiary/aromatic N) is 3. The summed E-state index contributed by atoms with van der Waals surface area (Å²) in [5.74, 6) is 0.358. The second-order valence-electron chi connectivity index (χ2n) is 5.68. The zero-order valence-corrected chi connectivity index (χ0v) is 14.2. The lowest BCUT2D eigenvalue weighted by Gasteiger charge is -2.07. The van der Waals surface area contributed by atoms with E-state index in [9.17, 15) is 13.2 Å². The lowest BCUT2D eigenvalue weighted by atomic mass is 10.1. The third-order valence-corrected chi connectivity index (χ3v) is 4.60. The van der Waals surface area contributed by atoms with E-state index in [1.165, 1.54) is 17.4 Å². The van der Waals surface area contributed by atoms with Crippen molar-refractivity contribution < 1.29 is 13.2 Å². The topological polar surface area (TPSA) is 42.7 Å². The van der Waals surface area contributed by atoms with Crippen LogP contribution in [0.15, 0.2) is 60.1 Å². The molecule has 0 saturated heterocycles. The van der Waals surface area contributed by atoms with Crippen molar-refractivity contribution in [2.24, 2.45) is 0 Å². The number of alkyl halides is 3. The minimum absolute atomic E-state index is 0.358. The Morgan fingerprint density at radius 1 is 1.08 bits per heavy atom. The number of fused-ring (bicyclic) bond motifs is 1. The predicted octanol–water partition coefficient (Wildman–Crippen LogP) is 5.30. The van der Waals surface area contributed by atoms with Gasteiger partial charge in [-0.2, -0.15) is 18.3 Å². The van der Waals surface area contributed by atoms with Crippen LogP contribution in [0.1, 0.15) is 11.1 Å². The molecule has 0 aliphatic carbocycles. The number of aromatic nitrogens is 3. The molecule has 0 fully saturated rings. The van der Waals surface area contributed by atoms with E-state index in [0.717, 1.165) is 17.7 Å². The predicted molar refractivity (Wildman–Crippen MR) is 95.7 cm³/mol. The zero-order valence-electron chi connectivity index (χ0n) is 13.4. The fraction of sp³-hybridized carbons (Fsp3) is 0.111. The first kappa shape index (κ1) is 16.6. The van der Waals surface area contributed by atoms with Gasteiger partial charge in [-0.25, -0.2) is 4.98 Å². The van der Waals surface area contributed by atoms with Crippen molar-refractivity contribution in [3.8, 4) is 0 Å². The highest BCUT2D eigenvalue weighted by molar-refractivity contribution is 7.13. The molecule has 8 heteroatoms. The summed E-state index contributed by atoms with van der Waals surface area (Å²) in [6.07, 6.45) is -2.79. The second-order valence-corrected chi connectivity index (χ2v) is 6.58. The van der Waals surface area contributed by atoms with Gasteiger partial charge in [0.25, 0.3) is 0 Å². The summed E-state index contributed by atoms with van der Waals surface area (Å²) in [5, 5.41) is 10.3. The van der Waals surface area contributed by atoms with Crippen molar-refractivity contribution in [2.75, 3.05) is 5.32 Å². The Hall–Kier alpha value is -2.87. The number of hydrogen-bond acceptors (Lipinski definition) is 4. The number of nitrogens with one attached hydrogen (secondary N) is 1. The molecule has 2 aromatic heterocycles. The SMILES string of the molecule is FC(F)(F)c1ccc2c(c1)c(Nc1nccs1)nn2Cc1ccccc1. The van der Waals surface area contributed by atoms with E-state index < -0.39 is 11.7 Å². The van der Waals surface area contributed by atoms with E-state index in [-0.39, 0.29) is 0 Å². The Balaban J connectivity index is 1.81. The van der Waals surface area contributed by atoms with Gasteiger partial charge in [0.15, 0.2) is 10.9 Å². The fourth-order valence-electron chi connectivity index (χ4n) is 2.71.